The Labute approximate surface area is 93.5 Å². The van der Waals surface area contributed by atoms with E-state index in [4.69, 9.17) is 0 Å². The zero-order valence-corrected chi connectivity index (χ0v) is 10.3. The number of rotatable bonds is 4. The molecule has 0 aromatic carbocycles. The van der Waals surface area contributed by atoms with E-state index in [1.54, 1.807) is 0 Å². The summed E-state index contributed by atoms with van der Waals surface area (Å²) in [6, 6.07) is 4.06. The standard InChI is InChI=1S/C10H15IN2/c1-3-4-8-13(2)10-9(11)6-5-7-12-10/h5-7H,3-4,8H2,1-2H3. The molecule has 0 aliphatic heterocycles. The van der Waals surface area contributed by atoms with Gasteiger partial charge >= 0.3 is 0 Å². The molecule has 0 N–H and O–H groups in total. The molecule has 0 spiro atoms. The van der Waals surface area contributed by atoms with Crippen LogP contribution in [0.3, 0.4) is 0 Å². The normalized spacial score (nSPS) is 10.1. The quantitative estimate of drug-likeness (QED) is 0.793. The Kier molecular flexibility index (Phi) is 4.48. The maximum absolute atomic E-state index is 4.35. The Balaban J connectivity index is 2.65. The van der Waals surface area contributed by atoms with Gasteiger partial charge in [0, 0.05) is 19.8 Å². The summed E-state index contributed by atoms with van der Waals surface area (Å²) < 4.78 is 1.22. The molecule has 0 aliphatic carbocycles. The van der Waals surface area contributed by atoms with Crippen molar-refractivity contribution in [1.29, 1.82) is 0 Å². The first-order chi connectivity index (χ1) is 6.25. The molecule has 0 saturated carbocycles. The molecule has 72 valence electrons. The van der Waals surface area contributed by atoms with Crippen LogP contribution in [-0.4, -0.2) is 18.6 Å². The van der Waals surface area contributed by atoms with Gasteiger partial charge in [0.05, 0.1) is 3.57 Å². The molecule has 0 unspecified atom stereocenters. The third-order valence-corrected chi connectivity index (χ3v) is 2.79. The number of halogens is 1. The van der Waals surface area contributed by atoms with E-state index in [-0.39, 0.29) is 0 Å². The van der Waals surface area contributed by atoms with Crippen molar-refractivity contribution in [3.05, 3.63) is 21.9 Å². The van der Waals surface area contributed by atoms with E-state index in [1.807, 2.05) is 12.3 Å². The van der Waals surface area contributed by atoms with Crippen molar-refractivity contribution in [2.75, 3.05) is 18.5 Å². The lowest BCUT2D eigenvalue weighted by molar-refractivity contribution is 0.758. The number of hydrogen-bond acceptors (Lipinski definition) is 2. The molecule has 2 nitrogen and oxygen atoms in total. The van der Waals surface area contributed by atoms with Crippen LogP contribution in [0.25, 0.3) is 0 Å². The summed E-state index contributed by atoms with van der Waals surface area (Å²) in [5.41, 5.74) is 0. The highest BCUT2D eigenvalue weighted by Gasteiger charge is 2.04. The van der Waals surface area contributed by atoms with Gasteiger partial charge in [-0.2, -0.15) is 0 Å². The molecule has 13 heavy (non-hydrogen) atoms. The lowest BCUT2D eigenvalue weighted by Gasteiger charge is -2.18. The highest BCUT2D eigenvalue weighted by molar-refractivity contribution is 14.1. The molecule has 0 bridgehead atoms. The van der Waals surface area contributed by atoms with Crippen LogP contribution in [-0.2, 0) is 0 Å². The maximum Gasteiger partial charge on any atom is 0.141 e. The van der Waals surface area contributed by atoms with Crippen molar-refractivity contribution in [3.63, 3.8) is 0 Å². The van der Waals surface area contributed by atoms with Crippen molar-refractivity contribution in [1.82, 2.24) is 4.98 Å². The molecule has 0 amide bonds. The zero-order chi connectivity index (χ0) is 9.68. The van der Waals surface area contributed by atoms with Gasteiger partial charge in [-0.15, -0.1) is 0 Å². The molecular weight excluding hydrogens is 275 g/mol. The summed E-state index contributed by atoms with van der Waals surface area (Å²) in [4.78, 5) is 6.56. The first-order valence-electron chi connectivity index (χ1n) is 4.57. The summed E-state index contributed by atoms with van der Waals surface area (Å²) in [6.45, 7) is 3.29. The fourth-order valence-electron chi connectivity index (χ4n) is 1.16. The minimum absolute atomic E-state index is 1.09. The van der Waals surface area contributed by atoms with Crippen LogP contribution in [0.5, 0.6) is 0 Å². The average Bonchev–Trinajstić information content (AvgIpc) is 2.15. The molecular formula is C10H15IN2. The SMILES string of the molecule is CCCCN(C)c1ncccc1I. The molecule has 1 rings (SSSR count). The minimum atomic E-state index is 1.09. The van der Waals surface area contributed by atoms with Gasteiger partial charge in [0.15, 0.2) is 0 Å². The number of anilines is 1. The van der Waals surface area contributed by atoms with Gasteiger partial charge in [0.25, 0.3) is 0 Å². The minimum Gasteiger partial charge on any atom is -0.359 e. The van der Waals surface area contributed by atoms with Crippen molar-refractivity contribution < 1.29 is 0 Å². The molecule has 1 aromatic rings. The Morgan fingerprint density at radius 3 is 2.92 bits per heavy atom. The monoisotopic (exact) mass is 290 g/mol. The van der Waals surface area contributed by atoms with Gasteiger partial charge in [-0.3, -0.25) is 0 Å². The summed E-state index contributed by atoms with van der Waals surface area (Å²) in [5, 5.41) is 0. The second-order valence-electron chi connectivity index (χ2n) is 3.08. The summed E-state index contributed by atoms with van der Waals surface area (Å²) in [7, 11) is 2.10. The average molecular weight is 290 g/mol. The van der Waals surface area contributed by atoms with Crippen LogP contribution in [0.1, 0.15) is 19.8 Å². The van der Waals surface area contributed by atoms with Gasteiger partial charge < -0.3 is 4.90 Å². The molecule has 0 fully saturated rings. The maximum atomic E-state index is 4.35. The van der Waals surface area contributed by atoms with E-state index in [1.165, 1.54) is 16.4 Å². The zero-order valence-electron chi connectivity index (χ0n) is 8.13. The first-order valence-corrected chi connectivity index (χ1v) is 5.65. The topological polar surface area (TPSA) is 16.1 Å². The van der Waals surface area contributed by atoms with Crippen LogP contribution >= 0.6 is 22.6 Å². The first kappa shape index (κ1) is 10.8. The van der Waals surface area contributed by atoms with Crippen molar-refractivity contribution in [3.8, 4) is 0 Å². The predicted molar refractivity (Wildman–Crippen MR) is 65.1 cm³/mol. The van der Waals surface area contributed by atoms with Crippen molar-refractivity contribution in [2.24, 2.45) is 0 Å². The number of pyridine rings is 1. The van der Waals surface area contributed by atoms with E-state index < -0.39 is 0 Å². The smallest absolute Gasteiger partial charge is 0.141 e. The summed E-state index contributed by atoms with van der Waals surface area (Å²) in [6.07, 6.45) is 4.30. The van der Waals surface area contributed by atoms with Crippen molar-refractivity contribution in [2.45, 2.75) is 19.8 Å². The molecule has 1 aromatic heterocycles. The van der Waals surface area contributed by atoms with E-state index >= 15 is 0 Å². The fourth-order valence-corrected chi connectivity index (χ4v) is 1.92. The Hall–Kier alpha value is -0.320. The largest absolute Gasteiger partial charge is 0.359 e. The third kappa shape index (κ3) is 3.14. The van der Waals surface area contributed by atoms with Gasteiger partial charge in [-0.1, -0.05) is 13.3 Å². The molecule has 3 heteroatoms. The highest BCUT2D eigenvalue weighted by Crippen LogP contribution is 2.17. The van der Waals surface area contributed by atoms with Crippen LogP contribution in [0.2, 0.25) is 0 Å². The second-order valence-corrected chi connectivity index (χ2v) is 4.25. The Bertz CT molecular complexity index is 263. The highest BCUT2D eigenvalue weighted by atomic mass is 127. The number of unbranched alkanes of at least 4 members (excludes halogenated alkanes) is 1. The van der Waals surface area contributed by atoms with E-state index in [0.717, 1.165) is 12.4 Å². The molecule has 0 saturated heterocycles. The summed E-state index contributed by atoms with van der Waals surface area (Å²) in [5.74, 6) is 1.09. The lowest BCUT2D eigenvalue weighted by atomic mass is 10.3. The Morgan fingerprint density at radius 1 is 1.54 bits per heavy atom. The van der Waals surface area contributed by atoms with Gasteiger partial charge in [0.1, 0.15) is 5.82 Å². The third-order valence-electron chi connectivity index (χ3n) is 1.95. The number of nitrogens with zero attached hydrogens (tertiary/aromatic N) is 2. The Morgan fingerprint density at radius 2 is 2.31 bits per heavy atom. The molecule has 0 aliphatic rings. The number of hydrogen-bond donors (Lipinski definition) is 0. The van der Waals surface area contributed by atoms with Crippen LogP contribution in [0, 0.1) is 3.57 Å². The predicted octanol–water partition coefficient (Wildman–Crippen LogP) is 2.92. The summed E-state index contributed by atoms with van der Waals surface area (Å²) >= 11 is 2.32. The van der Waals surface area contributed by atoms with Crippen LogP contribution in [0.4, 0.5) is 5.82 Å². The molecule has 0 atom stereocenters. The van der Waals surface area contributed by atoms with E-state index in [2.05, 4.69) is 52.5 Å². The van der Waals surface area contributed by atoms with Crippen molar-refractivity contribution >= 4 is 28.4 Å². The van der Waals surface area contributed by atoms with E-state index in [0.29, 0.717) is 0 Å². The second kappa shape index (κ2) is 5.42. The van der Waals surface area contributed by atoms with Gasteiger partial charge in [-0.05, 0) is 41.1 Å². The number of aromatic nitrogens is 1. The molecule has 1 heterocycles. The van der Waals surface area contributed by atoms with Gasteiger partial charge in [0.2, 0.25) is 0 Å². The van der Waals surface area contributed by atoms with Crippen LogP contribution < -0.4 is 4.90 Å². The lowest BCUT2D eigenvalue weighted by Crippen LogP contribution is -2.20. The van der Waals surface area contributed by atoms with E-state index in [9.17, 15) is 0 Å². The molecule has 0 radical (unpaired) electrons. The fraction of sp³-hybridized carbons (Fsp3) is 0.500. The van der Waals surface area contributed by atoms with Gasteiger partial charge in [-0.25, -0.2) is 4.98 Å². The van der Waals surface area contributed by atoms with Crippen LogP contribution in [0.15, 0.2) is 18.3 Å².